The first kappa shape index (κ1) is 14.2. The average Bonchev–Trinajstić information content (AvgIpc) is 1.83. The summed E-state index contributed by atoms with van der Waals surface area (Å²) in [5.41, 5.74) is 0.248. The quantitative estimate of drug-likeness (QED) is 0.380. The van der Waals surface area contributed by atoms with E-state index in [0.717, 1.165) is 5.92 Å². The van der Waals surface area contributed by atoms with Gasteiger partial charge in [0, 0.05) is 20.4 Å². The minimum absolute atomic E-state index is 0. The van der Waals surface area contributed by atoms with E-state index in [1.165, 1.54) is 19.3 Å². The Morgan fingerprint density at radius 1 is 1.42 bits per heavy atom. The van der Waals surface area contributed by atoms with Gasteiger partial charge in [-0.2, -0.15) is 11.3 Å². The molecule has 0 N–H and O–H groups in total. The normalized spacial score (nSPS) is 41.0. The van der Waals surface area contributed by atoms with Gasteiger partial charge in [0.2, 0.25) is 0 Å². The van der Waals surface area contributed by atoms with E-state index in [-0.39, 0.29) is 25.8 Å². The average molecular weight is 591 g/mol. The molecule has 1 rings (SSSR count). The summed E-state index contributed by atoms with van der Waals surface area (Å²) in [6.45, 7) is 12.9. The van der Waals surface area contributed by atoms with Crippen molar-refractivity contribution in [3.05, 3.63) is 13.8 Å². The Kier molecular flexibility index (Phi) is 5.48. The number of hydrogen-bond donors (Lipinski definition) is 0. The van der Waals surface area contributed by atoms with E-state index in [9.17, 15) is 0 Å². The maximum atomic E-state index is 4.20. The second-order valence-electron chi connectivity index (χ2n) is 4.13. The van der Waals surface area contributed by atoms with Crippen LogP contribution in [0.2, 0.25) is 0 Å². The summed E-state index contributed by atoms with van der Waals surface area (Å²) < 4.78 is 0. The van der Waals surface area contributed by atoms with Crippen LogP contribution in [-0.2, 0) is 20.4 Å². The van der Waals surface area contributed by atoms with Gasteiger partial charge in [-0.15, -0.1) is 0 Å². The molecule has 1 aliphatic rings. The molecule has 0 aromatic carbocycles. The Balaban J connectivity index is 0. The molecular weight excluding hydrogens is 573 g/mol. The Bertz CT molecular complexity index is 123. The molecule has 3 unspecified atom stereocenters. The summed E-state index contributed by atoms with van der Waals surface area (Å²) in [7, 11) is 0. The van der Waals surface area contributed by atoms with Crippen molar-refractivity contribution in [3.63, 3.8) is 0 Å². The zero-order valence-electron chi connectivity index (χ0n) is 8.28. The molecular formula is C10H18ReRf-2. The van der Waals surface area contributed by atoms with Crippen molar-refractivity contribution >= 4 is 0 Å². The smallest absolute Gasteiger partial charge is 0 e. The van der Waals surface area contributed by atoms with E-state index in [1.807, 2.05) is 0 Å². The molecule has 2 heteroatoms. The van der Waals surface area contributed by atoms with Crippen molar-refractivity contribution in [2.75, 3.05) is 0 Å². The zero-order valence-corrected chi connectivity index (χ0v) is 17.4. The van der Waals surface area contributed by atoms with Crippen LogP contribution in [-0.4, -0.2) is 0 Å². The largest absolute Gasteiger partial charge is 0.342 e. The minimum atomic E-state index is 0. The molecule has 12 heavy (non-hydrogen) atoms. The summed E-state index contributed by atoms with van der Waals surface area (Å²) in [6.07, 6.45) is 3.94. The predicted molar refractivity (Wildman–Crippen MR) is 45.3 cm³/mol. The van der Waals surface area contributed by atoms with E-state index in [2.05, 4.69) is 27.7 Å². The van der Waals surface area contributed by atoms with Crippen LogP contribution in [0.1, 0.15) is 33.1 Å². The Morgan fingerprint density at radius 3 is 2.25 bits per heavy atom. The zero-order chi connectivity index (χ0) is 7.78. The van der Waals surface area contributed by atoms with E-state index >= 15 is 0 Å². The molecule has 1 radical (unpaired) electrons. The first-order chi connectivity index (χ1) is 4.54. The summed E-state index contributed by atoms with van der Waals surface area (Å²) in [4.78, 5) is 0. The van der Waals surface area contributed by atoms with Crippen LogP contribution in [0.25, 0.3) is 0 Å². The molecule has 0 aromatic heterocycles. The van der Waals surface area contributed by atoms with Gasteiger partial charge in [0.15, 0.2) is 0 Å². The Hall–Kier alpha value is -0.338. The molecule has 0 bridgehead atoms. The van der Waals surface area contributed by atoms with Crippen LogP contribution in [0.4, 0.5) is 0 Å². The van der Waals surface area contributed by atoms with Crippen LogP contribution in [0.15, 0.2) is 0 Å². The van der Waals surface area contributed by atoms with Gasteiger partial charge in [-0.25, -0.2) is 0 Å². The molecule has 1 aliphatic carbocycles. The SMILES string of the molecule is [CH2-]C1C(C)CCCC1([CH2-])C.[Re].[Rf]. The first-order valence-electron chi connectivity index (χ1n) is 4.22. The Morgan fingerprint density at radius 2 is 1.92 bits per heavy atom. The monoisotopic (exact) mass is 592 g/mol. The molecule has 0 amide bonds. The molecule has 69 valence electrons. The van der Waals surface area contributed by atoms with E-state index in [0.29, 0.717) is 5.92 Å². The third-order valence-corrected chi connectivity index (χ3v) is 2.99. The van der Waals surface area contributed by atoms with Gasteiger partial charge in [-0.1, -0.05) is 39.0 Å². The molecule has 3 atom stereocenters. The predicted octanol–water partition coefficient (Wildman–Crippen LogP) is 3.09. The second-order valence-corrected chi connectivity index (χ2v) is 4.13. The van der Waals surface area contributed by atoms with Gasteiger partial charge in [0.05, 0.1) is 0 Å². The van der Waals surface area contributed by atoms with E-state index in [1.54, 1.807) is 0 Å². The Labute approximate surface area is 84.8 Å². The second kappa shape index (κ2) is 4.63. The summed E-state index contributed by atoms with van der Waals surface area (Å²) >= 11 is 0. The molecule has 0 aliphatic heterocycles. The molecule has 0 saturated heterocycles. The fourth-order valence-corrected chi connectivity index (χ4v) is 1.90. The molecule has 1 fully saturated rings. The summed E-state index contributed by atoms with van der Waals surface area (Å²) in [6, 6.07) is 0. The van der Waals surface area contributed by atoms with Crippen molar-refractivity contribution in [3.8, 4) is 0 Å². The van der Waals surface area contributed by atoms with Gasteiger partial charge in [-0.3, -0.25) is 0 Å². The fraction of sp³-hybridized carbons (Fsp3) is 0.800. The molecule has 0 aromatic rings. The standard InChI is InChI=1S/C10H18.Re.Rf/c1-8-6-5-7-10(3,4)9(8)2;;/h8-9H,2-3,5-7H2,1,4H3;;/q-2;;. The van der Waals surface area contributed by atoms with E-state index < -0.39 is 0 Å². The summed E-state index contributed by atoms with van der Waals surface area (Å²) in [5, 5.41) is 0. The number of rotatable bonds is 0. The van der Waals surface area contributed by atoms with Crippen LogP contribution in [0.3, 0.4) is 0 Å². The molecule has 0 heterocycles. The fourth-order valence-electron chi connectivity index (χ4n) is 1.90. The van der Waals surface area contributed by atoms with Gasteiger partial charge < -0.3 is 13.8 Å². The van der Waals surface area contributed by atoms with Gasteiger partial charge >= 0.3 is 0 Å². The third-order valence-electron chi connectivity index (χ3n) is 2.99. The van der Waals surface area contributed by atoms with Crippen LogP contribution >= 0.6 is 0 Å². The van der Waals surface area contributed by atoms with Gasteiger partial charge in [0.25, 0.3) is 0 Å². The maximum absolute atomic E-state index is 4.20. The molecule has 0 spiro atoms. The van der Waals surface area contributed by atoms with Gasteiger partial charge in [0.1, 0.15) is 0 Å². The third kappa shape index (κ3) is 2.61. The van der Waals surface area contributed by atoms with Crippen molar-refractivity contribution in [1.82, 2.24) is 0 Å². The van der Waals surface area contributed by atoms with Crippen molar-refractivity contribution in [1.29, 1.82) is 0 Å². The van der Waals surface area contributed by atoms with Crippen LogP contribution in [0.5, 0.6) is 0 Å². The van der Waals surface area contributed by atoms with Crippen LogP contribution < -0.4 is 0 Å². The van der Waals surface area contributed by atoms with Crippen molar-refractivity contribution in [2.24, 2.45) is 17.3 Å². The van der Waals surface area contributed by atoms with Crippen molar-refractivity contribution < 1.29 is 20.4 Å². The van der Waals surface area contributed by atoms with E-state index in [4.69, 9.17) is 0 Å². The topological polar surface area (TPSA) is 0 Å². The molecule has 1 saturated carbocycles. The molecule has 0 nitrogen and oxygen atoms in total. The maximum Gasteiger partial charge on any atom is 0 e. The first-order valence-corrected chi connectivity index (χ1v) is 4.22. The van der Waals surface area contributed by atoms with Crippen molar-refractivity contribution in [2.45, 2.75) is 33.1 Å². The van der Waals surface area contributed by atoms with Gasteiger partial charge in [-0.05, 0) is 0 Å². The van der Waals surface area contributed by atoms with Crippen LogP contribution in [0, 0.1) is 31.1 Å². The number of hydrogen-bond acceptors (Lipinski definition) is 0. The summed E-state index contributed by atoms with van der Waals surface area (Å²) in [5.74, 6) is 1.33. The minimum Gasteiger partial charge on any atom is -0.342 e.